The summed E-state index contributed by atoms with van der Waals surface area (Å²) in [6.07, 6.45) is 5.64. The predicted molar refractivity (Wildman–Crippen MR) is 101 cm³/mol. The van der Waals surface area contributed by atoms with Crippen LogP contribution in [-0.2, 0) is 14.4 Å². The molecule has 6 rings (SSSR count). The van der Waals surface area contributed by atoms with Crippen LogP contribution in [0.2, 0.25) is 0 Å². The number of carbonyl (C=O) groups excluding carboxylic acids is 3. The van der Waals surface area contributed by atoms with E-state index < -0.39 is 0 Å². The topological polar surface area (TPSA) is 66.5 Å². The number of imide groups is 1. The van der Waals surface area contributed by atoms with E-state index in [-0.39, 0.29) is 54.4 Å². The van der Waals surface area contributed by atoms with Crippen LogP contribution >= 0.6 is 0 Å². The second kappa shape index (κ2) is 5.78. The van der Waals surface area contributed by atoms with E-state index in [0.29, 0.717) is 11.8 Å². The van der Waals surface area contributed by atoms with Crippen LogP contribution in [0.3, 0.4) is 0 Å². The molecule has 1 saturated heterocycles. The zero-order chi connectivity index (χ0) is 18.9. The van der Waals surface area contributed by atoms with Gasteiger partial charge in [-0.3, -0.25) is 19.3 Å². The van der Waals surface area contributed by atoms with Gasteiger partial charge in [-0.15, -0.1) is 0 Å². The maximum atomic E-state index is 12.9. The molecule has 1 aliphatic heterocycles. The van der Waals surface area contributed by atoms with Crippen LogP contribution in [-0.4, -0.2) is 29.2 Å². The van der Waals surface area contributed by atoms with Gasteiger partial charge >= 0.3 is 0 Å². The molecule has 3 amide bonds. The van der Waals surface area contributed by atoms with Gasteiger partial charge in [0.2, 0.25) is 17.7 Å². The SMILES string of the molecule is Cc1cc(C)cc(NC(=O)CCN2C(=O)[C@@H]3[C@H]4C=C[C@H]([C@H]5C[C@H]45)[C@@H]3C2=O)c1. The van der Waals surface area contributed by atoms with E-state index in [2.05, 4.69) is 17.5 Å². The summed E-state index contributed by atoms with van der Waals surface area (Å²) in [7, 11) is 0. The molecule has 27 heavy (non-hydrogen) atoms. The van der Waals surface area contributed by atoms with Gasteiger partial charge in [-0.05, 0) is 67.2 Å². The fourth-order valence-electron chi connectivity index (χ4n) is 5.72. The van der Waals surface area contributed by atoms with Gasteiger partial charge < -0.3 is 5.32 Å². The highest BCUT2D eigenvalue weighted by atomic mass is 16.2. The summed E-state index contributed by atoms with van der Waals surface area (Å²) < 4.78 is 0. The minimum Gasteiger partial charge on any atom is -0.326 e. The number of benzene rings is 1. The Morgan fingerprint density at radius 1 is 1.00 bits per heavy atom. The van der Waals surface area contributed by atoms with Crippen LogP contribution in [0.15, 0.2) is 30.4 Å². The van der Waals surface area contributed by atoms with Crippen molar-refractivity contribution in [3.8, 4) is 0 Å². The zero-order valence-corrected chi connectivity index (χ0v) is 15.6. The normalized spacial score (nSPS) is 35.3. The lowest BCUT2D eigenvalue weighted by molar-refractivity contribution is -0.140. The van der Waals surface area contributed by atoms with Gasteiger partial charge in [0, 0.05) is 18.7 Å². The molecule has 1 N–H and O–H groups in total. The first-order chi connectivity index (χ1) is 12.9. The summed E-state index contributed by atoms with van der Waals surface area (Å²) in [5.41, 5.74) is 2.93. The standard InChI is InChI=1S/C22H24N2O3/c1-11-7-12(2)9-13(8-11)23-18(25)5-6-24-21(26)19-14-3-4-15(17-10-16(14)17)20(19)22(24)27/h3-4,7-9,14-17,19-20H,5-6,10H2,1-2H3,(H,23,25)/t14-,15+,16-,17-,19+,20-/m1/s1. The predicted octanol–water partition coefficient (Wildman–Crippen LogP) is 2.69. The van der Waals surface area contributed by atoms with E-state index in [4.69, 9.17) is 0 Å². The zero-order valence-electron chi connectivity index (χ0n) is 15.6. The number of amides is 3. The molecule has 5 heteroatoms. The smallest absolute Gasteiger partial charge is 0.233 e. The quantitative estimate of drug-likeness (QED) is 0.660. The van der Waals surface area contributed by atoms with Crippen molar-refractivity contribution in [3.63, 3.8) is 0 Å². The van der Waals surface area contributed by atoms with Crippen LogP contribution in [0.5, 0.6) is 0 Å². The Kier molecular flexibility index (Phi) is 3.58. The molecule has 1 aromatic carbocycles. The molecule has 5 aliphatic rings. The molecule has 4 aliphatic carbocycles. The number of anilines is 1. The molecule has 140 valence electrons. The molecule has 0 radical (unpaired) electrons. The van der Waals surface area contributed by atoms with Crippen molar-refractivity contribution >= 4 is 23.4 Å². The van der Waals surface area contributed by atoms with Crippen molar-refractivity contribution in [1.82, 2.24) is 4.90 Å². The first-order valence-corrected chi connectivity index (χ1v) is 9.86. The summed E-state index contributed by atoms with van der Waals surface area (Å²) in [5, 5.41) is 2.88. The molecule has 3 fully saturated rings. The highest BCUT2D eigenvalue weighted by molar-refractivity contribution is 6.06. The van der Waals surface area contributed by atoms with E-state index >= 15 is 0 Å². The van der Waals surface area contributed by atoms with E-state index in [1.165, 1.54) is 4.90 Å². The van der Waals surface area contributed by atoms with Crippen LogP contribution < -0.4 is 5.32 Å². The maximum absolute atomic E-state index is 12.9. The average Bonchev–Trinajstić information content (AvgIpc) is 3.38. The average molecular weight is 364 g/mol. The number of likely N-dealkylation sites (tertiary alicyclic amines) is 1. The van der Waals surface area contributed by atoms with Gasteiger partial charge in [0.15, 0.2) is 0 Å². The molecule has 5 nitrogen and oxygen atoms in total. The number of nitrogens with one attached hydrogen (secondary N) is 1. The summed E-state index contributed by atoms with van der Waals surface area (Å²) >= 11 is 0. The minimum absolute atomic E-state index is 0.0612. The Labute approximate surface area is 158 Å². The van der Waals surface area contributed by atoms with Gasteiger partial charge in [-0.25, -0.2) is 0 Å². The lowest BCUT2D eigenvalue weighted by Crippen LogP contribution is -2.40. The van der Waals surface area contributed by atoms with Gasteiger partial charge in [0.05, 0.1) is 11.8 Å². The number of hydrogen-bond acceptors (Lipinski definition) is 3. The molecular formula is C22H24N2O3. The summed E-state index contributed by atoms with van der Waals surface area (Å²) in [6, 6.07) is 5.88. The molecule has 0 unspecified atom stereocenters. The number of hydrogen-bond donors (Lipinski definition) is 1. The van der Waals surface area contributed by atoms with Crippen molar-refractivity contribution < 1.29 is 14.4 Å². The molecular weight excluding hydrogens is 340 g/mol. The van der Waals surface area contributed by atoms with Crippen molar-refractivity contribution in [2.75, 3.05) is 11.9 Å². The summed E-state index contributed by atoms with van der Waals surface area (Å²) in [4.78, 5) is 39.5. The van der Waals surface area contributed by atoms with E-state index in [9.17, 15) is 14.4 Å². The van der Waals surface area contributed by atoms with Gasteiger partial charge in [0.1, 0.15) is 0 Å². The Morgan fingerprint density at radius 3 is 2.11 bits per heavy atom. The van der Waals surface area contributed by atoms with E-state index in [0.717, 1.165) is 23.2 Å². The lowest BCUT2D eigenvalue weighted by atomic mass is 9.63. The Hall–Kier alpha value is -2.43. The molecule has 2 saturated carbocycles. The Balaban J connectivity index is 1.25. The van der Waals surface area contributed by atoms with Crippen molar-refractivity contribution in [1.29, 1.82) is 0 Å². The summed E-state index contributed by atoms with van der Waals surface area (Å²) in [6.45, 7) is 4.15. The van der Waals surface area contributed by atoms with Gasteiger partial charge in [0.25, 0.3) is 0 Å². The van der Waals surface area contributed by atoms with Gasteiger partial charge in [-0.1, -0.05) is 18.2 Å². The second-order valence-corrected chi connectivity index (χ2v) is 8.66. The lowest BCUT2D eigenvalue weighted by Gasteiger charge is -2.37. The van der Waals surface area contributed by atoms with Crippen molar-refractivity contribution in [2.24, 2.45) is 35.5 Å². The number of rotatable bonds is 4. The third-order valence-corrected chi connectivity index (χ3v) is 6.82. The fourth-order valence-corrected chi connectivity index (χ4v) is 5.72. The molecule has 6 atom stereocenters. The second-order valence-electron chi connectivity index (χ2n) is 8.66. The third kappa shape index (κ3) is 2.55. The number of aryl methyl sites for hydroxylation is 2. The van der Waals surface area contributed by atoms with Gasteiger partial charge in [-0.2, -0.15) is 0 Å². The number of allylic oxidation sites excluding steroid dienone is 2. The third-order valence-electron chi connectivity index (χ3n) is 6.82. The van der Waals surface area contributed by atoms with Crippen molar-refractivity contribution in [2.45, 2.75) is 26.7 Å². The van der Waals surface area contributed by atoms with E-state index in [1.54, 1.807) is 0 Å². The molecule has 0 spiro atoms. The van der Waals surface area contributed by atoms with Crippen LogP contribution in [0.1, 0.15) is 24.0 Å². The monoisotopic (exact) mass is 364 g/mol. The molecule has 2 bridgehead atoms. The minimum atomic E-state index is -0.182. The summed E-state index contributed by atoms with van der Waals surface area (Å²) in [5.74, 6) is 1.02. The molecule has 1 aromatic rings. The van der Waals surface area contributed by atoms with Crippen LogP contribution in [0, 0.1) is 49.4 Å². The highest BCUT2D eigenvalue weighted by Crippen LogP contribution is 2.65. The molecule has 0 aromatic heterocycles. The first kappa shape index (κ1) is 16.7. The Morgan fingerprint density at radius 2 is 1.56 bits per heavy atom. The van der Waals surface area contributed by atoms with Crippen molar-refractivity contribution in [3.05, 3.63) is 41.5 Å². The van der Waals surface area contributed by atoms with Crippen LogP contribution in [0.4, 0.5) is 5.69 Å². The van der Waals surface area contributed by atoms with E-state index in [1.807, 2.05) is 32.0 Å². The number of carbonyl (C=O) groups is 3. The maximum Gasteiger partial charge on any atom is 0.233 e. The van der Waals surface area contributed by atoms with Crippen LogP contribution in [0.25, 0.3) is 0 Å². The highest BCUT2D eigenvalue weighted by Gasteiger charge is 2.66. The molecule has 1 heterocycles. The largest absolute Gasteiger partial charge is 0.326 e. The number of nitrogens with zero attached hydrogens (tertiary/aromatic N) is 1. The Bertz CT molecular complexity index is 833. The first-order valence-electron chi connectivity index (χ1n) is 9.86. The fraction of sp³-hybridized carbons (Fsp3) is 0.500.